The SMILES string of the molecule is CCC(=O)NC(N)=NCCNc1nonc1C(=Nc1ccc(F)c(Br)c1)NO. The van der Waals surface area contributed by atoms with Crippen LogP contribution in [0.25, 0.3) is 0 Å². The number of hydrogen-bond donors (Lipinski definition) is 5. The number of carbonyl (C=O) groups excluding carboxylic acids is 1. The van der Waals surface area contributed by atoms with Gasteiger partial charge in [0, 0.05) is 13.0 Å². The quantitative estimate of drug-likeness (QED) is 0.180. The molecular weight excluding hydrogens is 439 g/mol. The van der Waals surface area contributed by atoms with E-state index >= 15 is 0 Å². The van der Waals surface area contributed by atoms with Crippen molar-refractivity contribution in [3.05, 3.63) is 34.2 Å². The second-order valence-corrected chi connectivity index (χ2v) is 6.08. The molecule has 6 N–H and O–H groups in total. The van der Waals surface area contributed by atoms with Crippen LogP contribution in [-0.4, -0.2) is 46.3 Å². The van der Waals surface area contributed by atoms with Crippen molar-refractivity contribution in [2.45, 2.75) is 13.3 Å². The molecule has 0 aliphatic heterocycles. The van der Waals surface area contributed by atoms with E-state index in [-0.39, 0.29) is 46.8 Å². The van der Waals surface area contributed by atoms with Gasteiger partial charge in [-0.25, -0.2) is 14.0 Å². The highest BCUT2D eigenvalue weighted by Crippen LogP contribution is 2.23. The minimum atomic E-state index is -0.446. The van der Waals surface area contributed by atoms with Gasteiger partial charge in [-0.2, -0.15) is 0 Å². The average molecular weight is 457 g/mol. The minimum absolute atomic E-state index is 0.00770. The van der Waals surface area contributed by atoms with Gasteiger partial charge in [-0.1, -0.05) is 6.92 Å². The number of amides is 1. The first kappa shape index (κ1) is 21.2. The Morgan fingerprint density at radius 3 is 2.89 bits per heavy atom. The molecule has 13 heteroatoms. The Bertz CT molecular complexity index is 886. The summed E-state index contributed by atoms with van der Waals surface area (Å²) in [6, 6.07) is 4.06. The monoisotopic (exact) mass is 456 g/mol. The maximum atomic E-state index is 13.3. The Hall–Kier alpha value is -3.06. The van der Waals surface area contributed by atoms with Crippen molar-refractivity contribution in [2.24, 2.45) is 15.7 Å². The van der Waals surface area contributed by atoms with E-state index in [2.05, 4.69) is 51.5 Å². The molecule has 0 saturated heterocycles. The fraction of sp³-hybridized carbons (Fsp3) is 0.267. The number of nitrogens with two attached hydrogens (primary N) is 1. The lowest BCUT2D eigenvalue weighted by molar-refractivity contribution is -0.119. The van der Waals surface area contributed by atoms with Crippen molar-refractivity contribution >= 4 is 45.1 Å². The molecule has 1 aromatic carbocycles. The molecule has 150 valence electrons. The summed E-state index contributed by atoms with van der Waals surface area (Å²) in [4.78, 5) is 19.3. The number of halogens is 2. The molecule has 1 amide bonds. The maximum Gasteiger partial charge on any atom is 0.226 e. The van der Waals surface area contributed by atoms with Crippen LogP contribution in [0.4, 0.5) is 15.9 Å². The topological polar surface area (TPSA) is 163 Å². The van der Waals surface area contributed by atoms with E-state index < -0.39 is 5.82 Å². The molecular formula is C15H18BrFN8O3. The number of aromatic nitrogens is 2. The van der Waals surface area contributed by atoms with E-state index in [1.807, 2.05) is 5.48 Å². The van der Waals surface area contributed by atoms with Crippen molar-refractivity contribution < 1.29 is 19.0 Å². The Labute approximate surface area is 167 Å². The molecule has 0 spiro atoms. The number of amidine groups is 1. The number of guanidine groups is 1. The minimum Gasteiger partial charge on any atom is -0.370 e. The Morgan fingerprint density at radius 1 is 1.43 bits per heavy atom. The van der Waals surface area contributed by atoms with Gasteiger partial charge in [-0.05, 0) is 44.4 Å². The number of aliphatic imine (C=N–C) groups is 2. The van der Waals surface area contributed by atoms with Crippen LogP contribution in [0.5, 0.6) is 0 Å². The Kier molecular flexibility index (Phi) is 7.83. The fourth-order valence-corrected chi connectivity index (χ4v) is 2.26. The van der Waals surface area contributed by atoms with Gasteiger partial charge in [0.25, 0.3) is 0 Å². The number of hydroxylamine groups is 1. The van der Waals surface area contributed by atoms with Gasteiger partial charge >= 0.3 is 0 Å². The molecule has 2 rings (SSSR count). The Morgan fingerprint density at radius 2 is 2.21 bits per heavy atom. The smallest absolute Gasteiger partial charge is 0.226 e. The zero-order valence-corrected chi connectivity index (χ0v) is 16.3. The van der Waals surface area contributed by atoms with E-state index in [1.54, 1.807) is 6.92 Å². The number of nitrogens with one attached hydrogen (secondary N) is 3. The van der Waals surface area contributed by atoms with Crippen molar-refractivity contribution in [3.63, 3.8) is 0 Å². The molecule has 1 aromatic heterocycles. The van der Waals surface area contributed by atoms with Crippen LogP contribution >= 0.6 is 15.9 Å². The molecule has 0 bridgehead atoms. The molecule has 0 fully saturated rings. The van der Waals surface area contributed by atoms with E-state index in [4.69, 9.17) is 5.73 Å². The molecule has 0 aliphatic rings. The van der Waals surface area contributed by atoms with Gasteiger partial charge < -0.3 is 11.1 Å². The number of rotatable bonds is 7. The number of benzene rings is 1. The lowest BCUT2D eigenvalue weighted by Gasteiger charge is -2.06. The predicted octanol–water partition coefficient (Wildman–Crippen LogP) is 1.28. The van der Waals surface area contributed by atoms with Crippen molar-refractivity contribution in [1.82, 2.24) is 21.1 Å². The second kappa shape index (κ2) is 10.3. The first-order valence-corrected chi connectivity index (χ1v) is 8.84. The number of anilines is 1. The second-order valence-electron chi connectivity index (χ2n) is 5.23. The van der Waals surface area contributed by atoms with Crippen LogP contribution in [0.1, 0.15) is 19.0 Å². The van der Waals surface area contributed by atoms with Gasteiger partial charge in [0.1, 0.15) is 5.82 Å². The number of nitrogens with zero attached hydrogens (tertiary/aromatic N) is 4. The van der Waals surface area contributed by atoms with Crippen molar-refractivity contribution in [2.75, 3.05) is 18.4 Å². The molecule has 0 aliphatic carbocycles. The lowest BCUT2D eigenvalue weighted by Crippen LogP contribution is -2.36. The average Bonchev–Trinajstić information content (AvgIpc) is 3.14. The summed E-state index contributed by atoms with van der Waals surface area (Å²) < 4.78 is 18.2. The van der Waals surface area contributed by atoms with Crippen LogP contribution in [0, 0.1) is 5.82 Å². The highest BCUT2D eigenvalue weighted by molar-refractivity contribution is 9.10. The zero-order valence-electron chi connectivity index (χ0n) is 14.7. The molecule has 2 aromatic rings. The van der Waals surface area contributed by atoms with Gasteiger partial charge in [0.2, 0.25) is 11.7 Å². The van der Waals surface area contributed by atoms with Crippen LogP contribution in [0.3, 0.4) is 0 Å². The third-order valence-electron chi connectivity index (χ3n) is 3.24. The third-order valence-corrected chi connectivity index (χ3v) is 3.85. The van der Waals surface area contributed by atoms with Gasteiger partial charge in [0.05, 0.1) is 16.7 Å². The summed E-state index contributed by atoms with van der Waals surface area (Å²) in [7, 11) is 0. The van der Waals surface area contributed by atoms with E-state index in [0.717, 1.165) is 0 Å². The van der Waals surface area contributed by atoms with Gasteiger partial charge in [0.15, 0.2) is 17.5 Å². The highest BCUT2D eigenvalue weighted by atomic mass is 79.9. The zero-order chi connectivity index (χ0) is 20.5. The standard InChI is InChI=1S/C15H18BrFN8O3/c1-2-11(26)22-15(18)20-6-5-19-13-12(24-28-25-13)14(23-27)21-8-3-4-10(17)9(16)7-8/h3-4,7,27H,2,5-6H2,1H3,(H,19,25)(H,21,23)(H3,18,20,22,26). The summed E-state index contributed by atoms with van der Waals surface area (Å²) in [6.07, 6.45) is 0.295. The van der Waals surface area contributed by atoms with Gasteiger partial charge in [-0.3, -0.25) is 25.8 Å². The first-order chi connectivity index (χ1) is 13.4. The van der Waals surface area contributed by atoms with Crippen LogP contribution < -0.4 is 21.8 Å². The Balaban J connectivity index is 2.04. The summed E-state index contributed by atoms with van der Waals surface area (Å²) in [5.74, 6) is -0.556. The third kappa shape index (κ3) is 5.99. The lowest BCUT2D eigenvalue weighted by atomic mass is 10.3. The van der Waals surface area contributed by atoms with Crippen molar-refractivity contribution in [3.8, 4) is 0 Å². The van der Waals surface area contributed by atoms with E-state index in [0.29, 0.717) is 12.1 Å². The highest BCUT2D eigenvalue weighted by Gasteiger charge is 2.16. The normalized spacial score (nSPS) is 12.0. The molecule has 1 heterocycles. The number of hydrogen-bond acceptors (Lipinski definition) is 8. The summed E-state index contributed by atoms with van der Waals surface area (Å²) in [5, 5.41) is 22.1. The van der Waals surface area contributed by atoms with Crippen molar-refractivity contribution in [1.29, 1.82) is 0 Å². The summed E-state index contributed by atoms with van der Waals surface area (Å²) in [6.45, 7) is 2.21. The number of carbonyl (C=O) groups is 1. The summed E-state index contributed by atoms with van der Waals surface area (Å²) >= 11 is 3.06. The molecule has 0 unspecified atom stereocenters. The van der Waals surface area contributed by atoms with Crippen LogP contribution in [0.2, 0.25) is 0 Å². The maximum absolute atomic E-state index is 13.3. The molecule has 0 saturated carbocycles. The van der Waals surface area contributed by atoms with E-state index in [9.17, 15) is 14.4 Å². The first-order valence-electron chi connectivity index (χ1n) is 8.05. The fourth-order valence-electron chi connectivity index (χ4n) is 1.90. The van der Waals surface area contributed by atoms with Crippen LogP contribution in [-0.2, 0) is 4.79 Å². The van der Waals surface area contributed by atoms with E-state index in [1.165, 1.54) is 18.2 Å². The molecule has 0 radical (unpaired) electrons. The molecule has 0 atom stereocenters. The van der Waals surface area contributed by atoms with Gasteiger partial charge in [-0.15, -0.1) is 0 Å². The molecule has 28 heavy (non-hydrogen) atoms. The van der Waals surface area contributed by atoms with Crippen LogP contribution in [0.15, 0.2) is 37.3 Å². The predicted molar refractivity (Wildman–Crippen MR) is 103 cm³/mol. The largest absolute Gasteiger partial charge is 0.370 e. The summed E-state index contributed by atoms with van der Waals surface area (Å²) in [5.41, 5.74) is 7.92. The molecule has 11 nitrogen and oxygen atoms in total.